The highest BCUT2D eigenvalue weighted by Crippen LogP contribution is 2.29. The maximum Gasteiger partial charge on any atom is 0.228 e. The van der Waals surface area contributed by atoms with Crippen molar-refractivity contribution in [1.29, 1.82) is 0 Å². The van der Waals surface area contributed by atoms with Gasteiger partial charge in [-0.25, -0.2) is 0 Å². The molecule has 0 saturated heterocycles. The van der Waals surface area contributed by atoms with E-state index in [-0.39, 0.29) is 6.04 Å². The second kappa shape index (κ2) is 7.87. The lowest BCUT2D eigenvalue weighted by Gasteiger charge is -2.19. The van der Waals surface area contributed by atoms with Crippen LogP contribution < -0.4 is 5.73 Å². The van der Waals surface area contributed by atoms with E-state index < -0.39 is 0 Å². The fraction of sp³-hybridized carbons (Fsp3) is 0.846. The van der Waals surface area contributed by atoms with E-state index in [0.717, 1.165) is 16.8 Å². The standard InChI is InChI=1S/C13H23N3O2S/c1-17-8-10(14)7-13-15-12(16-18-13)9-19-11-5-3-2-4-6-11/h10-11H,2-9,14H2,1H3. The van der Waals surface area contributed by atoms with Crippen LogP contribution in [0.3, 0.4) is 0 Å². The van der Waals surface area contributed by atoms with Gasteiger partial charge in [0.1, 0.15) is 0 Å². The van der Waals surface area contributed by atoms with Gasteiger partial charge in [0.15, 0.2) is 5.82 Å². The van der Waals surface area contributed by atoms with E-state index in [1.165, 1.54) is 32.1 Å². The first kappa shape index (κ1) is 14.8. The Labute approximate surface area is 118 Å². The number of rotatable bonds is 7. The molecule has 19 heavy (non-hydrogen) atoms. The molecule has 1 aliphatic carbocycles. The van der Waals surface area contributed by atoms with Gasteiger partial charge in [-0.3, -0.25) is 0 Å². The molecule has 1 atom stereocenters. The van der Waals surface area contributed by atoms with Gasteiger partial charge in [0.05, 0.1) is 12.4 Å². The summed E-state index contributed by atoms with van der Waals surface area (Å²) >= 11 is 1.95. The van der Waals surface area contributed by atoms with Crippen molar-refractivity contribution in [1.82, 2.24) is 10.1 Å². The van der Waals surface area contributed by atoms with Gasteiger partial charge in [0, 0.05) is 24.8 Å². The Hall–Kier alpha value is -0.590. The van der Waals surface area contributed by atoms with Crippen molar-refractivity contribution >= 4 is 11.8 Å². The summed E-state index contributed by atoms with van der Waals surface area (Å²) in [6, 6.07) is -0.0794. The minimum absolute atomic E-state index is 0.0794. The Kier molecular flexibility index (Phi) is 6.13. The number of ether oxygens (including phenoxy) is 1. The van der Waals surface area contributed by atoms with E-state index in [9.17, 15) is 0 Å². The van der Waals surface area contributed by atoms with Crippen LogP contribution in [0.2, 0.25) is 0 Å². The topological polar surface area (TPSA) is 74.2 Å². The van der Waals surface area contributed by atoms with Gasteiger partial charge in [-0.2, -0.15) is 16.7 Å². The molecule has 2 N–H and O–H groups in total. The summed E-state index contributed by atoms with van der Waals surface area (Å²) < 4.78 is 10.2. The molecule has 0 spiro atoms. The third kappa shape index (κ3) is 5.12. The summed E-state index contributed by atoms with van der Waals surface area (Å²) in [4.78, 5) is 4.38. The predicted molar refractivity (Wildman–Crippen MR) is 76.0 cm³/mol. The smallest absolute Gasteiger partial charge is 0.228 e. The molecule has 0 radical (unpaired) electrons. The summed E-state index contributed by atoms with van der Waals surface area (Å²) in [7, 11) is 1.64. The van der Waals surface area contributed by atoms with Crippen LogP contribution >= 0.6 is 11.8 Å². The average molecular weight is 285 g/mol. The molecular weight excluding hydrogens is 262 g/mol. The fourth-order valence-electron chi connectivity index (χ4n) is 2.35. The quantitative estimate of drug-likeness (QED) is 0.827. The molecule has 1 aliphatic rings. The molecule has 2 rings (SSSR count). The van der Waals surface area contributed by atoms with Crippen molar-refractivity contribution < 1.29 is 9.26 Å². The van der Waals surface area contributed by atoms with E-state index in [4.69, 9.17) is 15.0 Å². The van der Waals surface area contributed by atoms with Gasteiger partial charge < -0.3 is 15.0 Å². The van der Waals surface area contributed by atoms with Gasteiger partial charge in [-0.15, -0.1) is 0 Å². The largest absolute Gasteiger partial charge is 0.383 e. The highest BCUT2D eigenvalue weighted by Gasteiger charge is 2.16. The van der Waals surface area contributed by atoms with Gasteiger partial charge in [0.2, 0.25) is 5.89 Å². The third-order valence-electron chi connectivity index (χ3n) is 3.33. The molecule has 1 aromatic rings. The Balaban J connectivity index is 1.73. The Bertz CT molecular complexity index is 367. The first-order chi connectivity index (χ1) is 9.28. The molecule has 5 nitrogen and oxygen atoms in total. The van der Waals surface area contributed by atoms with Crippen LogP contribution in [0.1, 0.15) is 43.8 Å². The van der Waals surface area contributed by atoms with Crippen molar-refractivity contribution in [2.24, 2.45) is 5.73 Å². The van der Waals surface area contributed by atoms with Crippen molar-refractivity contribution in [3.8, 4) is 0 Å². The maximum absolute atomic E-state index is 5.86. The summed E-state index contributed by atoms with van der Waals surface area (Å²) in [5.41, 5.74) is 5.86. The van der Waals surface area contributed by atoms with Crippen LogP contribution in [0, 0.1) is 0 Å². The average Bonchev–Trinajstić information content (AvgIpc) is 2.85. The lowest BCUT2D eigenvalue weighted by Crippen LogP contribution is -2.28. The molecule has 6 heteroatoms. The van der Waals surface area contributed by atoms with Gasteiger partial charge in [-0.1, -0.05) is 24.4 Å². The molecular formula is C13H23N3O2S. The Morgan fingerprint density at radius 1 is 1.42 bits per heavy atom. The maximum atomic E-state index is 5.86. The van der Waals surface area contributed by atoms with Gasteiger partial charge >= 0.3 is 0 Å². The lowest BCUT2D eigenvalue weighted by molar-refractivity contribution is 0.176. The zero-order valence-electron chi connectivity index (χ0n) is 11.5. The van der Waals surface area contributed by atoms with E-state index in [1.54, 1.807) is 7.11 Å². The lowest BCUT2D eigenvalue weighted by atomic mass is 10.0. The Morgan fingerprint density at radius 3 is 2.95 bits per heavy atom. The zero-order chi connectivity index (χ0) is 13.5. The predicted octanol–water partition coefficient (Wildman–Crippen LogP) is 2.15. The van der Waals surface area contributed by atoms with Crippen molar-refractivity contribution in [2.75, 3.05) is 13.7 Å². The molecule has 108 valence electrons. The number of aromatic nitrogens is 2. The molecule has 0 aliphatic heterocycles. The minimum atomic E-state index is -0.0794. The van der Waals surface area contributed by atoms with E-state index in [1.807, 2.05) is 11.8 Å². The van der Waals surface area contributed by atoms with Gasteiger partial charge in [0.25, 0.3) is 0 Å². The van der Waals surface area contributed by atoms with E-state index in [2.05, 4.69) is 10.1 Å². The molecule has 1 saturated carbocycles. The minimum Gasteiger partial charge on any atom is -0.383 e. The van der Waals surface area contributed by atoms with E-state index in [0.29, 0.717) is 18.9 Å². The molecule has 0 aromatic carbocycles. The summed E-state index contributed by atoms with van der Waals surface area (Å²) in [6.07, 6.45) is 7.35. The SMILES string of the molecule is COCC(N)Cc1nc(CSC2CCCCC2)no1. The summed E-state index contributed by atoms with van der Waals surface area (Å²) in [5, 5.41) is 4.78. The normalized spacial score (nSPS) is 18.6. The molecule has 1 heterocycles. The van der Waals surface area contributed by atoms with E-state index >= 15 is 0 Å². The summed E-state index contributed by atoms with van der Waals surface area (Å²) in [5.74, 6) is 2.24. The van der Waals surface area contributed by atoms with Crippen LogP contribution in [0.15, 0.2) is 4.52 Å². The molecule has 0 bridgehead atoms. The molecule has 1 aromatic heterocycles. The number of hydrogen-bond acceptors (Lipinski definition) is 6. The van der Waals surface area contributed by atoms with Crippen LogP contribution in [-0.2, 0) is 16.9 Å². The van der Waals surface area contributed by atoms with Gasteiger partial charge in [-0.05, 0) is 12.8 Å². The number of hydrogen-bond donors (Lipinski definition) is 1. The summed E-state index contributed by atoms with van der Waals surface area (Å²) in [6.45, 7) is 0.508. The second-order valence-corrected chi connectivity index (χ2v) is 6.38. The third-order valence-corrected chi connectivity index (χ3v) is 4.70. The second-order valence-electron chi connectivity index (χ2n) is 5.09. The number of methoxy groups -OCH3 is 1. The first-order valence-electron chi connectivity index (χ1n) is 6.95. The zero-order valence-corrected chi connectivity index (χ0v) is 12.3. The fourth-order valence-corrected chi connectivity index (χ4v) is 3.52. The van der Waals surface area contributed by atoms with Crippen molar-refractivity contribution in [2.45, 2.75) is 55.6 Å². The highest BCUT2D eigenvalue weighted by atomic mass is 32.2. The number of thioether (sulfide) groups is 1. The van der Waals surface area contributed by atoms with Crippen molar-refractivity contribution in [3.63, 3.8) is 0 Å². The Morgan fingerprint density at radius 2 is 2.21 bits per heavy atom. The number of nitrogens with zero attached hydrogens (tertiary/aromatic N) is 2. The monoisotopic (exact) mass is 285 g/mol. The highest BCUT2D eigenvalue weighted by molar-refractivity contribution is 7.99. The molecule has 1 unspecified atom stereocenters. The van der Waals surface area contributed by atoms with Crippen LogP contribution in [-0.4, -0.2) is 35.1 Å². The molecule has 1 fully saturated rings. The van der Waals surface area contributed by atoms with Crippen LogP contribution in [0.5, 0.6) is 0 Å². The molecule has 0 amide bonds. The van der Waals surface area contributed by atoms with Crippen LogP contribution in [0.25, 0.3) is 0 Å². The first-order valence-corrected chi connectivity index (χ1v) is 8.00. The van der Waals surface area contributed by atoms with Crippen LogP contribution in [0.4, 0.5) is 0 Å². The van der Waals surface area contributed by atoms with Crippen molar-refractivity contribution in [3.05, 3.63) is 11.7 Å². The number of nitrogens with two attached hydrogens (primary N) is 1.